The highest BCUT2D eigenvalue weighted by Crippen LogP contribution is 2.07. The molecule has 1 aromatic rings. The first-order valence-corrected chi connectivity index (χ1v) is 5.40. The van der Waals surface area contributed by atoms with Gasteiger partial charge in [-0.15, -0.1) is 0 Å². The largest absolute Gasteiger partial charge is 0.324 e. The quantitative estimate of drug-likeness (QED) is 0.451. The van der Waals surface area contributed by atoms with E-state index in [4.69, 9.17) is 5.84 Å². The van der Waals surface area contributed by atoms with Crippen LogP contribution in [0.4, 0.5) is 5.69 Å². The van der Waals surface area contributed by atoms with Crippen molar-refractivity contribution in [3.05, 3.63) is 29.8 Å². The smallest absolute Gasteiger partial charge is 0.186 e. The molecule has 4 heteroatoms. The Balaban J connectivity index is 2.59. The number of thioether (sulfide) groups is 1. The normalized spacial score (nSPS) is 8.93. The van der Waals surface area contributed by atoms with E-state index in [9.17, 15) is 4.79 Å². The van der Waals surface area contributed by atoms with Gasteiger partial charge in [0.25, 0.3) is 0 Å². The molecule has 0 fully saturated rings. The van der Waals surface area contributed by atoms with Crippen molar-refractivity contribution in [2.24, 2.45) is 5.84 Å². The van der Waals surface area contributed by atoms with E-state index in [1.165, 1.54) is 18.7 Å². The first kappa shape index (κ1) is 11.6. The van der Waals surface area contributed by atoms with E-state index in [0.29, 0.717) is 5.75 Å². The molecule has 78 valence electrons. The van der Waals surface area contributed by atoms with Crippen LogP contribution in [0, 0.1) is 11.8 Å². The summed E-state index contributed by atoms with van der Waals surface area (Å²) in [4.78, 5) is 10.6. The van der Waals surface area contributed by atoms with Crippen LogP contribution in [0.15, 0.2) is 24.3 Å². The first-order valence-electron chi connectivity index (χ1n) is 4.41. The Bertz CT molecular complexity index is 407. The van der Waals surface area contributed by atoms with Gasteiger partial charge in [0.1, 0.15) is 0 Å². The molecule has 0 bridgehead atoms. The second-order valence-electron chi connectivity index (χ2n) is 2.81. The van der Waals surface area contributed by atoms with Crippen molar-refractivity contribution in [3.63, 3.8) is 0 Å². The highest BCUT2D eigenvalue weighted by atomic mass is 32.2. The molecule has 1 rings (SSSR count). The summed E-state index contributed by atoms with van der Waals surface area (Å²) < 4.78 is 0. The Kier molecular flexibility index (Phi) is 4.75. The third-order valence-corrected chi connectivity index (χ3v) is 2.30. The first-order chi connectivity index (χ1) is 7.22. The molecular formula is C11H12N2OS. The van der Waals surface area contributed by atoms with Gasteiger partial charge >= 0.3 is 0 Å². The van der Waals surface area contributed by atoms with Crippen LogP contribution in [-0.4, -0.2) is 10.9 Å². The van der Waals surface area contributed by atoms with E-state index < -0.39 is 0 Å². The van der Waals surface area contributed by atoms with Crippen LogP contribution in [0.2, 0.25) is 0 Å². The highest BCUT2D eigenvalue weighted by Gasteiger charge is 1.91. The maximum atomic E-state index is 10.6. The van der Waals surface area contributed by atoms with Gasteiger partial charge in [0.2, 0.25) is 0 Å². The number of hydrogen-bond acceptors (Lipinski definition) is 4. The predicted octanol–water partition coefficient (Wildman–Crippen LogP) is 1.60. The molecule has 1 aromatic carbocycles. The molecule has 0 aromatic heterocycles. The van der Waals surface area contributed by atoms with Gasteiger partial charge in [-0.25, -0.2) is 0 Å². The van der Waals surface area contributed by atoms with Crippen LogP contribution in [0.3, 0.4) is 0 Å². The molecule has 0 aliphatic carbocycles. The number of nitrogens with two attached hydrogens (primary N) is 1. The molecule has 0 saturated heterocycles. The zero-order valence-corrected chi connectivity index (χ0v) is 9.23. The lowest BCUT2D eigenvalue weighted by molar-refractivity contribution is -0.109. The van der Waals surface area contributed by atoms with Crippen molar-refractivity contribution in [1.29, 1.82) is 0 Å². The van der Waals surface area contributed by atoms with Gasteiger partial charge in [0, 0.05) is 18.2 Å². The summed E-state index contributed by atoms with van der Waals surface area (Å²) in [6.45, 7) is 1.53. The van der Waals surface area contributed by atoms with E-state index >= 15 is 0 Å². The van der Waals surface area contributed by atoms with E-state index in [-0.39, 0.29) is 5.12 Å². The molecule has 0 radical (unpaired) electrons. The number of nitrogens with one attached hydrogen (secondary N) is 1. The van der Waals surface area contributed by atoms with Gasteiger partial charge in [-0.1, -0.05) is 29.7 Å². The van der Waals surface area contributed by atoms with Crippen LogP contribution in [0.1, 0.15) is 12.5 Å². The fourth-order valence-electron chi connectivity index (χ4n) is 0.963. The van der Waals surface area contributed by atoms with Crippen molar-refractivity contribution in [2.75, 3.05) is 11.2 Å². The van der Waals surface area contributed by atoms with Crippen molar-refractivity contribution in [2.45, 2.75) is 6.92 Å². The van der Waals surface area contributed by atoms with Crippen LogP contribution >= 0.6 is 11.8 Å². The minimum atomic E-state index is 0.0849. The molecule has 0 amide bonds. The average molecular weight is 220 g/mol. The average Bonchev–Trinajstić information content (AvgIpc) is 2.24. The minimum Gasteiger partial charge on any atom is -0.324 e. The lowest BCUT2D eigenvalue weighted by Gasteiger charge is -1.98. The number of carbonyl (C=O) groups excluding carboxylic acids is 1. The lowest BCUT2D eigenvalue weighted by Crippen LogP contribution is -2.06. The Labute approximate surface area is 93.4 Å². The number of anilines is 1. The second kappa shape index (κ2) is 6.12. The topological polar surface area (TPSA) is 55.1 Å². The van der Waals surface area contributed by atoms with Gasteiger partial charge < -0.3 is 5.43 Å². The summed E-state index contributed by atoms with van der Waals surface area (Å²) in [5, 5.41) is 0.0849. The Morgan fingerprint density at radius 3 is 3.07 bits per heavy atom. The number of hydrogen-bond donors (Lipinski definition) is 2. The van der Waals surface area contributed by atoms with Crippen LogP contribution in [0.5, 0.6) is 0 Å². The molecule has 0 aliphatic heterocycles. The Hall–Kier alpha value is -1.44. The number of rotatable bonds is 2. The van der Waals surface area contributed by atoms with Gasteiger partial charge in [0.05, 0.1) is 5.75 Å². The molecule has 0 aliphatic rings. The van der Waals surface area contributed by atoms with Crippen LogP contribution in [0.25, 0.3) is 0 Å². The molecule has 0 atom stereocenters. The Morgan fingerprint density at radius 2 is 2.40 bits per heavy atom. The second-order valence-corrected chi connectivity index (χ2v) is 3.96. The van der Waals surface area contributed by atoms with E-state index in [0.717, 1.165) is 11.3 Å². The standard InChI is InChI=1S/C11H12N2OS/c1-9(14)15-7-3-5-10-4-2-6-11(8-10)13-12/h2,4,6,8,13H,7,12H2,1H3. The molecule has 0 spiro atoms. The van der Waals surface area contributed by atoms with Gasteiger partial charge in [-0.05, 0) is 18.2 Å². The minimum absolute atomic E-state index is 0.0849. The maximum absolute atomic E-state index is 10.6. The number of hydrazine groups is 1. The molecule has 3 N–H and O–H groups in total. The van der Waals surface area contributed by atoms with Gasteiger partial charge in [-0.3, -0.25) is 10.6 Å². The fraction of sp³-hybridized carbons (Fsp3) is 0.182. The molecule has 0 unspecified atom stereocenters. The zero-order valence-electron chi connectivity index (χ0n) is 8.41. The molecular weight excluding hydrogens is 208 g/mol. The summed E-state index contributed by atoms with van der Waals surface area (Å²) in [7, 11) is 0. The lowest BCUT2D eigenvalue weighted by atomic mass is 10.2. The summed E-state index contributed by atoms with van der Waals surface area (Å²) >= 11 is 1.21. The predicted molar refractivity (Wildman–Crippen MR) is 64.3 cm³/mol. The van der Waals surface area contributed by atoms with E-state index in [2.05, 4.69) is 17.3 Å². The zero-order chi connectivity index (χ0) is 11.1. The van der Waals surface area contributed by atoms with Crippen molar-refractivity contribution in [3.8, 4) is 11.8 Å². The van der Waals surface area contributed by atoms with Crippen LogP contribution in [-0.2, 0) is 4.79 Å². The van der Waals surface area contributed by atoms with Crippen LogP contribution < -0.4 is 11.3 Å². The SMILES string of the molecule is CC(=O)SCC#Cc1cccc(NN)c1. The van der Waals surface area contributed by atoms with Crippen molar-refractivity contribution in [1.82, 2.24) is 0 Å². The monoisotopic (exact) mass is 220 g/mol. The summed E-state index contributed by atoms with van der Waals surface area (Å²) in [5.74, 6) is 11.7. The van der Waals surface area contributed by atoms with Crippen molar-refractivity contribution < 1.29 is 4.79 Å². The van der Waals surface area contributed by atoms with E-state index in [1.807, 2.05) is 24.3 Å². The highest BCUT2D eigenvalue weighted by molar-refractivity contribution is 8.13. The number of benzene rings is 1. The van der Waals surface area contributed by atoms with Gasteiger partial charge in [0.15, 0.2) is 5.12 Å². The van der Waals surface area contributed by atoms with E-state index in [1.54, 1.807) is 0 Å². The molecule has 3 nitrogen and oxygen atoms in total. The number of carbonyl (C=O) groups is 1. The molecule has 0 saturated carbocycles. The third-order valence-electron chi connectivity index (χ3n) is 1.61. The van der Waals surface area contributed by atoms with Crippen molar-refractivity contribution >= 4 is 22.6 Å². The van der Waals surface area contributed by atoms with Gasteiger partial charge in [-0.2, -0.15) is 0 Å². The molecule has 0 heterocycles. The number of nitrogen functional groups attached to an aromatic ring is 1. The fourth-order valence-corrected chi connectivity index (χ4v) is 1.31. The summed E-state index contributed by atoms with van der Waals surface area (Å²) in [5.41, 5.74) is 4.25. The summed E-state index contributed by atoms with van der Waals surface area (Å²) in [6.07, 6.45) is 0. The maximum Gasteiger partial charge on any atom is 0.186 e. The third kappa shape index (κ3) is 4.54. The Morgan fingerprint density at radius 1 is 1.60 bits per heavy atom. The molecule has 15 heavy (non-hydrogen) atoms. The summed E-state index contributed by atoms with van der Waals surface area (Å²) in [6, 6.07) is 7.48.